The Hall–Kier alpha value is -1.27. The van der Waals surface area contributed by atoms with Gasteiger partial charge in [-0.3, -0.25) is 10.1 Å². The van der Waals surface area contributed by atoms with Gasteiger partial charge in [-0.1, -0.05) is 6.07 Å². The van der Waals surface area contributed by atoms with E-state index in [1.165, 1.54) is 6.07 Å². The average molecular weight is 241 g/mol. The monoisotopic (exact) mass is 241 g/mol. The number of hydrogen-bond acceptors (Lipinski definition) is 5. The standard InChI is InChI=1S/C10H15N3O2S/c1-16-5-4-12-7-8-2-3-9(11)10(6-8)13(14)15/h2-3,6,12H,4-5,7,11H2,1H3. The SMILES string of the molecule is CSCCNCc1ccc(N)c([N+](=O)[O-])c1. The van der Waals surface area contributed by atoms with Crippen LogP contribution < -0.4 is 11.1 Å². The number of nitrogens with zero attached hydrogens (tertiary/aromatic N) is 1. The lowest BCUT2D eigenvalue weighted by atomic mass is 10.2. The second kappa shape index (κ2) is 6.34. The number of nitro groups is 1. The van der Waals surface area contributed by atoms with Crippen LogP contribution in [0, 0.1) is 10.1 Å². The van der Waals surface area contributed by atoms with Crippen LogP contribution in [0.5, 0.6) is 0 Å². The van der Waals surface area contributed by atoms with Crippen molar-refractivity contribution in [2.24, 2.45) is 0 Å². The zero-order valence-electron chi connectivity index (χ0n) is 9.10. The molecule has 0 aliphatic heterocycles. The molecule has 0 atom stereocenters. The summed E-state index contributed by atoms with van der Waals surface area (Å²) in [5.41, 5.74) is 6.56. The Labute approximate surface area is 98.6 Å². The summed E-state index contributed by atoms with van der Waals surface area (Å²) >= 11 is 1.76. The van der Waals surface area contributed by atoms with E-state index in [0.717, 1.165) is 17.9 Å². The summed E-state index contributed by atoms with van der Waals surface area (Å²) in [6.07, 6.45) is 2.04. The van der Waals surface area contributed by atoms with Crippen molar-refractivity contribution in [2.45, 2.75) is 6.54 Å². The van der Waals surface area contributed by atoms with Crippen molar-refractivity contribution in [3.05, 3.63) is 33.9 Å². The number of hydrogen-bond donors (Lipinski definition) is 2. The Morgan fingerprint density at radius 3 is 2.94 bits per heavy atom. The molecule has 0 saturated heterocycles. The van der Waals surface area contributed by atoms with Crippen LogP contribution in [0.15, 0.2) is 18.2 Å². The number of nitrogens with two attached hydrogens (primary N) is 1. The lowest BCUT2D eigenvalue weighted by molar-refractivity contribution is -0.384. The van der Waals surface area contributed by atoms with Crippen molar-refractivity contribution in [3.8, 4) is 0 Å². The second-order valence-electron chi connectivity index (χ2n) is 3.32. The van der Waals surface area contributed by atoms with Crippen molar-refractivity contribution >= 4 is 23.1 Å². The molecule has 5 nitrogen and oxygen atoms in total. The zero-order chi connectivity index (χ0) is 12.0. The minimum atomic E-state index is -0.458. The molecule has 0 aliphatic carbocycles. The molecule has 0 fully saturated rings. The molecule has 16 heavy (non-hydrogen) atoms. The highest BCUT2D eigenvalue weighted by Crippen LogP contribution is 2.22. The van der Waals surface area contributed by atoms with Gasteiger partial charge >= 0.3 is 0 Å². The molecule has 3 N–H and O–H groups in total. The highest BCUT2D eigenvalue weighted by molar-refractivity contribution is 7.98. The van der Waals surface area contributed by atoms with Crippen LogP contribution in [0.4, 0.5) is 11.4 Å². The van der Waals surface area contributed by atoms with Gasteiger partial charge in [0.1, 0.15) is 5.69 Å². The van der Waals surface area contributed by atoms with Gasteiger partial charge in [-0.2, -0.15) is 11.8 Å². The first kappa shape index (κ1) is 12.8. The molecule has 0 radical (unpaired) electrons. The zero-order valence-corrected chi connectivity index (χ0v) is 9.92. The summed E-state index contributed by atoms with van der Waals surface area (Å²) < 4.78 is 0. The maximum absolute atomic E-state index is 10.7. The summed E-state index contributed by atoms with van der Waals surface area (Å²) in [5.74, 6) is 1.02. The van der Waals surface area contributed by atoms with E-state index in [-0.39, 0.29) is 11.4 Å². The Balaban J connectivity index is 2.61. The Bertz CT molecular complexity index is 371. The smallest absolute Gasteiger partial charge is 0.292 e. The largest absolute Gasteiger partial charge is 0.393 e. The lowest BCUT2D eigenvalue weighted by Crippen LogP contribution is -2.16. The van der Waals surface area contributed by atoms with Crippen molar-refractivity contribution in [3.63, 3.8) is 0 Å². The number of nitro benzene ring substituents is 1. The molecule has 88 valence electrons. The van der Waals surface area contributed by atoms with Gasteiger partial charge < -0.3 is 11.1 Å². The third kappa shape index (κ3) is 3.71. The molecule has 1 rings (SSSR count). The topological polar surface area (TPSA) is 81.2 Å². The first-order valence-electron chi connectivity index (χ1n) is 4.87. The van der Waals surface area contributed by atoms with E-state index in [9.17, 15) is 10.1 Å². The summed E-state index contributed by atoms with van der Waals surface area (Å²) in [7, 11) is 0. The van der Waals surface area contributed by atoms with Gasteiger partial charge in [-0.05, 0) is 17.9 Å². The number of nitrogen functional groups attached to an aromatic ring is 1. The molecule has 0 aromatic heterocycles. The number of nitrogens with one attached hydrogen (secondary N) is 1. The normalized spacial score (nSPS) is 10.3. The predicted molar refractivity (Wildman–Crippen MR) is 67.6 cm³/mol. The van der Waals surface area contributed by atoms with Gasteiger partial charge in [0, 0.05) is 24.9 Å². The van der Waals surface area contributed by atoms with Crippen molar-refractivity contribution in [1.29, 1.82) is 0 Å². The molecule has 0 spiro atoms. The van der Waals surface area contributed by atoms with Gasteiger partial charge in [-0.25, -0.2) is 0 Å². The van der Waals surface area contributed by atoms with Crippen LogP contribution in [0.2, 0.25) is 0 Å². The molecular formula is C10H15N3O2S. The van der Waals surface area contributed by atoms with E-state index in [1.54, 1.807) is 23.9 Å². The molecule has 0 saturated carbocycles. The van der Waals surface area contributed by atoms with Gasteiger partial charge in [0.05, 0.1) is 4.92 Å². The lowest BCUT2D eigenvalue weighted by Gasteiger charge is -2.04. The third-order valence-corrected chi connectivity index (χ3v) is 2.72. The highest BCUT2D eigenvalue weighted by Gasteiger charge is 2.11. The molecule has 0 bridgehead atoms. The van der Waals surface area contributed by atoms with Crippen LogP contribution in [0.1, 0.15) is 5.56 Å². The van der Waals surface area contributed by atoms with Crippen molar-refractivity contribution in [2.75, 3.05) is 24.3 Å². The number of thioether (sulfide) groups is 1. The van der Waals surface area contributed by atoms with Crippen LogP contribution in [0.3, 0.4) is 0 Å². The second-order valence-corrected chi connectivity index (χ2v) is 4.31. The van der Waals surface area contributed by atoms with Gasteiger partial charge in [0.15, 0.2) is 0 Å². The quantitative estimate of drug-likeness (QED) is 0.342. The minimum absolute atomic E-state index is 0.0239. The van der Waals surface area contributed by atoms with Crippen LogP contribution in [0.25, 0.3) is 0 Å². The summed E-state index contributed by atoms with van der Waals surface area (Å²) in [6.45, 7) is 1.51. The summed E-state index contributed by atoms with van der Waals surface area (Å²) in [5, 5.41) is 13.9. The number of rotatable bonds is 6. The molecule has 1 aromatic carbocycles. The molecule has 0 amide bonds. The maximum Gasteiger partial charge on any atom is 0.292 e. The molecule has 0 aliphatic rings. The predicted octanol–water partition coefficient (Wildman–Crippen LogP) is 1.63. The van der Waals surface area contributed by atoms with E-state index in [0.29, 0.717) is 6.54 Å². The molecular weight excluding hydrogens is 226 g/mol. The van der Waals surface area contributed by atoms with Gasteiger partial charge in [-0.15, -0.1) is 0 Å². The molecule has 1 aromatic rings. The van der Waals surface area contributed by atoms with E-state index >= 15 is 0 Å². The van der Waals surface area contributed by atoms with Crippen LogP contribution >= 0.6 is 11.8 Å². The number of anilines is 1. The maximum atomic E-state index is 10.7. The first-order chi connectivity index (χ1) is 7.65. The fourth-order valence-electron chi connectivity index (χ4n) is 1.26. The van der Waals surface area contributed by atoms with Crippen LogP contribution in [-0.4, -0.2) is 23.5 Å². The van der Waals surface area contributed by atoms with E-state index in [4.69, 9.17) is 5.73 Å². The fraction of sp³-hybridized carbons (Fsp3) is 0.400. The summed E-state index contributed by atoms with van der Waals surface area (Å²) in [4.78, 5) is 10.2. The summed E-state index contributed by atoms with van der Waals surface area (Å²) in [6, 6.07) is 4.89. The minimum Gasteiger partial charge on any atom is -0.393 e. The molecule has 6 heteroatoms. The Morgan fingerprint density at radius 2 is 2.31 bits per heavy atom. The number of benzene rings is 1. The fourth-order valence-corrected chi connectivity index (χ4v) is 1.61. The van der Waals surface area contributed by atoms with Crippen molar-refractivity contribution in [1.82, 2.24) is 5.32 Å². The van der Waals surface area contributed by atoms with E-state index < -0.39 is 4.92 Å². The van der Waals surface area contributed by atoms with Gasteiger partial charge in [0.25, 0.3) is 5.69 Å². The first-order valence-corrected chi connectivity index (χ1v) is 6.27. The Morgan fingerprint density at radius 1 is 1.56 bits per heavy atom. The third-order valence-electron chi connectivity index (χ3n) is 2.10. The van der Waals surface area contributed by atoms with Gasteiger partial charge in [0.2, 0.25) is 0 Å². The van der Waals surface area contributed by atoms with Crippen LogP contribution in [-0.2, 0) is 6.54 Å². The Kier molecular flexibility index (Phi) is 5.07. The molecule has 0 heterocycles. The van der Waals surface area contributed by atoms with E-state index in [2.05, 4.69) is 5.32 Å². The van der Waals surface area contributed by atoms with E-state index in [1.807, 2.05) is 6.26 Å². The highest BCUT2D eigenvalue weighted by atomic mass is 32.2. The average Bonchev–Trinajstić information content (AvgIpc) is 2.26. The van der Waals surface area contributed by atoms with Crippen molar-refractivity contribution < 1.29 is 4.92 Å². The molecule has 0 unspecified atom stereocenters.